The van der Waals surface area contributed by atoms with Gasteiger partial charge in [0.25, 0.3) is 0 Å². The molecule has 3 nitrogen and oxygen atoms in total. The molecule has 1 unspecified atom stereocenters. The van der Waals surface area contributed by atoms with E-state index in [0.29, 0.717) is 11.5 Å². The third-order valence-corrected chi connectivity index (χ3v) is 2.50. The van der Waals surface area contributed by atoms with Crippen LogP contribution in [0, 0.1) is 0 Å². The zero-order chi connectivity index (χ0) is 11.3. The Hall–Kier alpha value is -1.22. The summed E-state index contributed by atoms with van der Waals surface area (Å²) in [4.78, 5) is 10.7. The number of alkyl halides is 1. The lowest BCUT2D eigenvalue weighted by Crippen LogP contribution is -2.02. The molecule has 0 heterocycles. The van der Waals surface area contributed by atoms with Gasteiger partial charge in [0.15, 0.2) is 11.5 Å². The summed E-state index contributed by atoms with van der Waals surface area (Å²) in [6.07, 6.45) is 0.828. The van der Waals surface area contributed by atoms with Crippen LogP contribution < -0.4 is 9.47 Å². The van der Waals surface area contributed by atoms with Crippen molar-refractivity contribution < 1.29 is 14.3 Å². The number of halogens is 1. The summed E-state index contributed by atoms with van der Waals surface area (Å²) in [6, 6.07) is 5.33. The van der Waals surface area contributed by atoms with Gasteiger partial charge in [-0.1, -0.05) is 6.07 Å². The molecule has 0 saturated carbocycles. The largest absolute Gasteiger partial charge is 0.493 e. The van der Waals surface area contributed by atoms with Gasteiger partial charge in [0, 0.05) is 5.88 Å². The van der Waals surface area contributed by atoms with E-state index < -0.39 is 0 Å². The van der Waals surface area contributed by atoms with Crippen LogP contribution in [-0.4, -0.2) is 26.4 Å². The molecule has 0 aliphatic heterocycles. The first-order valence-corrected chi connectivity index (χ1v) is 5.03. The predicted octanol–water partition coefficient (Wildman–Crippen LogP) is 2.23. The first kappa shape index (κ1) is 11.9. The standard InChI is InChI=1S/C11H13ClO3/c1-14-10-4-3-8(5-11(10)15-2)9(6-12)7-13/h3-5,7,9H,6H2,1-2H3. The Morgan fingerprint density at radius 3 is 2.47 bits per heavy atom. The maximum atomic E-state index is 10.7. The van der Waals surface area contributed by atoms with Crippen LogP contribution in [-0.2, 0) is 4.79 Å². The first-order chi connectivity index (χ1) is 7.26. The van der Waals surface area contributed by atoms with E-state index >= 15 is 0 Å². The van der Waals surface area contributed by atoms with Gasteiger partial charge in [0.05, 0.1) is 20.1 Å². The fraction of sp³-hybridized carbons (Fsp3) is 0.364. The van der Waals surface area contributed by atoms with Gasteiger partial charge in [-0.15, -0.1) is 11.6 Å². The molecule has 0 bridgehead atoms. The lowest BCUT2D eigenvalue weighted by Gasteiger charge is -2.11. The van der Waals surface area contributed by atoms with Gasteiger partial charge in [-0.25, -0.2) is 0 Å². The van der Waals surface area contributed by atoms with Crippen LogP contribution >= 0.6 is 11.6 Å². The van der Waals surface area contributed by atoms with Crippen LogP contribution in [0.1, 0.15) is 11.5 Å². The van der Waals surface area contributed by atoms with E-state index in [4.69, 9.17) is 21.1 Å². The number of carbonyl (C=O) groups is 1. The quantitative estimate of drug-likeness (QED) is 0.573. The zero-order valence-corrected chi connectivity index (χ0v) is 9.45. The zero-order valence-electron chi connectivity index (χ0n) is 8.70. The Morgan fingerprint density at radius 2 is 2.00 bits per heavy atom. The van der Waals surface area contributed by atoms with Crippen molar-refractivity contribution in [2.45, 2.75) is 5.92 Å². The van der Waals surface area contributed by atoms with E-state index in [9.17, 15) is 4.79 Å². The number of ether oxygens (including phenoxy) is 2. The molecule has 82 valence electrons. The lowest BCUT2D eigenvalue weighted by molar-refractivity contribution is -0.108. The highest BCUT2D eigenvalue weighted by molar-refractivity contribution is 6.19. The summed E-state index contributed by atoms with van der Waals surface area (Å²) >= 11 is 5.67. The minimum Gasteiger partial charge on any atom is -0.493 e. The molecule has 4 heteroatoms. The molecular formula is C11H13ClO3. The van der Waals surface area contributed by atoms with Gasteiger partial charge in [-0.2, -0.15) is 0 Å². The van der Waals surface area contributed by atoms with Crippen LogP contribution in [0.5, 0.6) is 11.5 Å². The van der Waals surface area contributed by atoms with Crippen molar-refractivity contribution in [2.75, 3.05) is 20.1 Å². The molecule has 0 N–H and O–H groups in total. The highest BCUT2D eigenvalue weighted by atomic mass is 35.5. The molecule has 0 aliphatic rings. The first-order valence-electron chi connectivity index (χ1n) is 4.50. The Bertz CT molecular complexity index is 339. The third kappa shape index (κ3) is 2.63. The number of hydrogen-bond donors (Lipinski definition) is 0. The number of carbonyl (C=O) groups excluding carboxylic acids is 1. The highest BCUT2D eigenvalue weighted by Crippen LogP contribution is 2.30. The number of rotatable bonds is 5. The molecule has 0 saturated heterocycles. The van der Waals surface area contributed by atoms with Gasteiger partial charge in [-0.05, 0) is 17.7 Å². The van der Waals surface area contributed by atoms with Gasteiger partial charge in [0.1, 0.15) is 6.29 Å². The average molecular weight is 229 g/mol. The molecule has 15 heavy (non-hydrogen) atoms. The van der Waals surface area contributed by atoms with Crippen molar-refractivity contribution in [1.29, 1.82) is 0 Å². The SMILES string of the molecule is COc1ccc(C(C=O)CCl)cc1OC. The molecule has 1 aromatic carbocycles. The van der Waals surface area contributed by atoms with E-state index in [1.807, 2.05) is 6.07 Å². The normalized spacial score (nSPS) is 11.9. The second-order valence-corrected chi connectivity index (χ2v) is 3.32. The van der Waals surface area contributed by atoms with E-state index in [0.717, 1.165) is 11.8 Å². The maximum absolute atomic E-state index is 10.7. The minimum atomic E-state index is -0.300. The molecule has 1 rings (SSSR count). The molecule has 0 radical (unpaired) electrons. The molecule has 1 aromatic rings. The summed E-state index contributed by atoms with van der Waals surface area (Å²) in [6.45, 7) is 0. The van der Waals surface area contributed by atoms with Crippen molar-refractivity contribution in [2.24, 2.45) is 0 Å². The fourth-order valence-electron chi connectivity index (χ4n) is 1.29. The van der Waals surface area contributed by atoms with Gasteiger partial charge >= 0.3 is 0 Å². The van der Waals surface area contributed by atoms with Crippen LogP contribution in [0.15, 0.2) is 18.2 Å². The Labute approximate surface area is 93.9 Å². The van der Waals surface area contributed by atoms with Crippen molar-refractivity contribution in [3.05, 3.63) is 23.8 Å². The summed E-state index contributed by atoms with van der Waals surface area (Å²) in [7, 11) is 3.12. The average Bonchev–Trinajstić information content (AvgIpc) is 2.30. The Morgan fingerprint density at radius 1 is 1.33 bits per heavy atom. The topological polar surface area (TPSA) is 35.5 Å². The highest BCUT2D eigenvalue weighted by Gasteiger charge is 2.12. The molecule has 0 spiro atoms. The van der Waals surface area contributed by atoms with Crippen LogP contribution in [0.4, 0.5) is 0 Å². The summed E-state index contributed by atoms with van der Waals surface area (Å²) < 4.78 is 10.2. The van der Waals surface area contributed by atoms with Crippen molar-refractivity contribution in [3.63, 3.8) is 0 Å². The number of benzene rings is 1. The molecular weight excluding hydrogens is 216 g/mol. The van der Waals surface area contributed by atoms with Crippen molar-refractivity contribution in [3.8, 4) is 11.5 Å². The molecule has 0 fully saturated rings. The fourth-order valence-corrected chi connectivity index (χ4v) is 1.54. The van der Waals surface area contributed by atoms with E-state index in [1.54, 1.807) is 26.4 Å². The number of aldehydes is 1. The maximum Gasteiger partial charge on any atom is 0.161 e. The van der Waals surface area contributed by atoms with E-state index in [-0.39, 0.29) is 11.8 Å². The summed E-state index contributed by atoms with van der Waals surface area (Å²) in [5.74, 6) is 1.21. The lowest BCUT2D eigenvalue weighted by atomic mass is 10.0. The third-order valence-electron chi connectivity index (χ3n) is 2.17. The molecule has 1 atom stereocenters. The van der Waals surface area contributed by atoms with Crippen LogP contribution in [0.2, 0.25) is 0 Å². The summed E-state index contributed by atoms with van der Waals surface area (Å²) in [5, 5.41) is 0. The number of hydrogen-bond acceptors (Lipinski definition) is 3. The van der Waals surface area contributed by atoms with Crippen LogP contribution in [0.25, 0.3) is 0 Å². The van der Waals surface area contributed by atoms with Gasteiger partial charge in [-0.3, -0.25) is 0 Å². The molecule has 0 aliphatic carbocycles. The van der Waals surface area contributed by atoms with Gasteiger partial charge < -0.3 is 14.3 Å². The Balaban J connectivity index is 3.06. The number of methoxy groups -OCH3 is 2. The van der Waals surface area contributed by atoms with Crippen LogP contribution in [0.3, 0.4) is 0 Å². The smallest absolute Gasteiger partial charge is 0.161 e. The molecule has 0 amide bonds. The molecule has 0 aromatic heterocycles. The van der Waals surface area contributed by atoms with E-state index in [1.165, 1.54) is 0 Å². The van der Waals surface area contributed by atoms with Gasteiger partial charge in [0.2, 0.25) is 0 Å². The van der Waals surface area contributed by atoms with E-state index in [2.05, 4.69) is 0 Å². The monoisotopic (exact) mass is 228 g/mol. The van der Waals surface area contributed by atoms with Crippen molar-refractivity contribution >= 4 is 17.9 Å². The second kappa shape index (κ2) is 5.61. The second-order valence-electron chi connectivity index (χ2n) is 3.01. The Kier molecular flexibility index (Phi) is 4.43. The minimum absolute atomic E-state index is 0.263. The van der Waals surface area contributed by atoms with Crippen molar-refractivity contribution in [1.82, 2.24) is 0 Å². The predicted molar refractivity (Wildman–Crippen MR) is 59.1 cm³/mol. The summed E-state index contributed by atoms with van der Waals surface area (Å²) in [5.41, 5.74) is 0.831.